The number of halogens is 1. The van der Waals surface area contributed by atoms with E-state index in [0.717, 1.165) is 25.3 Å². The van der Waals surface area contributed by atoms with Crippen molar-refractivity contribution >= 4 is 22.6 Å². The molecule has 3 fully saturated rings. The molecule has 0 atom stereocenters. The Bertz CT molecular complexity index is 430. The fraction of sp³-hybridized carbons (Fsp3) is 1.00. The fourth-order valence-corrected chi connectivity index (χ4v) is 4.37. The second-order valence-electron chi connectivity index (χ2n) is 6.76. The van der Waals surface area contributed by atoms with Gasteiger partial charge in [-0.3, -0.25) is 0 Å². The number of hydrogen-bond acceptors (Lipinski definition) is 3. The Labute approximate surface area is 135 Å². The predicted octanol–water partition coefficient (Wildman–Crippen LogP) is 1.46. The van der Waals surface area contributed by atoms with Gasteiger partial charge in [-0.25, -0.2) is 0 Å². The van der Waals surface area contributed by atoms with E-state index < -0.39 is 10.2 Å². The van der Waals surface area contributed by atoms with Crippen molar-refractivity contribution in [3.05, 3.63) is 0 Å². The van der Waals surface area contributed by atoms with Crippen LogP contribution in [0.25, 0.3) is 0 Å². The number of nitrogens with zero attached hydrogens (tertiary/aromatic N) is 2. The van der Waals surface area contributed by atoms with Crippen molar-refractivity contribution in [3.8, 4) is 0 Å². The molecule has 21 heavy (non-hydrogen) atoms. The fourth-order valence-electron chi connectivity index (χ4n) is 2.90. The van der Waals surface area contributed by atoms with Crippen LogP contribution in [0.2, 0.25) is 0 Å². The molecule has 0 amide bonds. The van der Waals surface area contributed by atoms with Crippen LogP contribution in [-0.2, 0) is 10.2 Å². The van der Waals surface area contributed by atoms with Gasteiger partial charge < -0.3 is 5.32 Å². The Morgan fingerprint density at radius 2 is 1.62 bits per heavy atom. The van der Waals surface area contributed by atoms with Crippen molar-refractivity contribution in [2.24, 2.45) is 11.8 Å². The Morgan fingerprint density at radius 3 is 2.14 bits per heavy atom. The van der Waals surface area contributed by atoms with Gasteiger partial charge in [0.15, 0.2) is 0 Å². The molecule has 0 aromatic carbocycles. The van der Waals surface area contributed by atoms with Crippen molar-refractivity contribution in [2.75, 3.05) is 33.2 Å². The summed E-state index contributed by atoms with van der Waals surface area (Å²) in [6.07, 6.45) is 7.00. The van der Waals surface area contributed by atoms with E-state index in [1.165, 1.54) is 25.7 Å². The van der Waals surface area contributed by atoms with Crippen molar-refractivity contribution in [1.29, 1.82) is 0 Å². The molecule has 0 unspecified atom stereocenters. The summed E-state index contributed by atoms with van der Waals surface area (Å²) in [5.74, 6) is 1.49. The van der Waals surface area contributed by atoms with Crippen LogP contribution in [0.5, 0.6) is 0 Å². The highest BCUT2D eigenvalue weighted by molar-refractivity contribution is 7.86. The van der Waals surface area contributed by atoms with E-state index in [-0.39, 0.29) is 12.4 Å². The molecule has 3 rings (SSSR count). The largest absolute Gasteiger partial charge is 0.314 e. The van der Waals surface area contributed by atoms with Crippen LogP contribution in [0.4, 0.5) is 0 Å². The molecule has 3 aliphatic rings. The molecule has 1 N–H and O–H groups in total. The highest BCUT2D eigenvalue weighted by Gasteiger charge is 2.34. The normalized spacial score (nSPS) is 25.0. The van der Waals surface area contributed by atoms with Crippen molar-refractivity contribution < 1.29 is 8.42 Å². The molecule has 1 aliphatic heterocycles. The molecule has 1 saturated heterocycles. The van der Waals surface area contributed by atoms with Gasteiger partial charge in [-0.1, -0.05) is 0 Å². The molecule has 0 bridgehead atoms. The van der Waals surface area contributed by atoms with E-state index >= 15 is 0 Å². The van der Waals surface area contributed by atoms with Gasteiger partial charge in [-0.15, -0.1) is 12.4 Å². The lowest BCUT2D eigenvalue weighted by Crippen LogP contribution is -2.49. The topological polar surface area (TPSA) is 52.7 Å². The summed E-state index contributed by atoms with van der Waals surface area (Å²) in [4.78, 5) is 0. The lowest BCUT2D eigenvalue weighted by atomic mass is 10.1. The Morgan fingerprint density at radius 1 is 1.05 bits per heavy atom. The Kier molecular flexibility index (Phi) is 5.93. The van der Waals surface area contributed by atoms with Crippen LogP contribution in [0, 0.1) is 11.8 Å². The van der Waals surface area contributed by atoms with Crippen LogP contribution in [0.15, 0.2) is 0 Å². The monoisotopic (exact) mass is 337 g/mol. The summed E-state index contributed by atoms with van der Waals surface area (Å²) in [6.45, 7) is 3.15. The highest BCUT2D eigenvalue weighted by Crippen LogP contribution is 2.31. The minimum atomic E-state index is -3.22. The molecule has 0 aromatic rings. The zero-order chi connectivity index (χ0) is 14.2. The first kappa shape index (κ1) is 17.5. The number of rotatable bonds is 7. The van der Waals surface area contributed by atoms with Crippen LogP contribution >= 0.6 is 12.4 Å². The molecule has 124 valence electrons. The van der Waals surface area contributed by atoms with Gasteiger partial charge in [-0.05, 0) is 56.9 Å². The maximum Gasteiger partial charge on any atom is 0.281 e. The van der Waals surface area contributed by atoms with Gasteiger partial charge in [0, 0.05) is 32.7 Å². The van der Waals surface area contributed by atoms with Gasteiger partial charge >= 0.3 is 0 Å². The zero-order valence-corrected chi connectivity index (χ0v) is 14.5. The third-order valence-corrected chi connectivity index (χ3v) is 6.73. The summed E-state index contributed by atoms with van der Waals surface area (Å²) in [5, 5.41) is 3.59. The van der Waals surface area contributed by atoms with Crippen molar-refractivity contribution in [3.63, 3.8) is 0 Å². The lowest BCUT2D eigenvalue weighted by molar-refractivity contribution is 0.270. The summed E-state index contributed by atoms with van der Waals surface area (Å²) >= 11 is 0. The van der Waals surface area contributed by atoms with Gasteiger partial charge in [-0.2, -0.15) is 17.0 Å². The highest BCUT2D eigenvalue weighted by atomic mass is 35.5. The first-order valence-electron chi connectivity index (χ1n) is 8.00. The molecule has 5 nitrogen and oxygen atoms in total. The number of nitrogens with one attached hydrogen (secondary N) is 1. The Hall–Kier alpha value is 0.120. The van der Waals surface area contributed by atoms with Crippen molar-refractivity contribution in [2.45, 2.75) is 44.6 Å². The summed E-state index contributed by atoms with van der Waals surface area (Å²) in [6, 6.07) is 0.510. The molecule has 0 aromatic heterocycles. The van der Waals surface area contributed by atoms with Crippen LogP contribution in [0.1, 0.15) is 38.5 Å². The van der Waals surface area contributed by atoms with Crippen LogP contribution in [-0.4, -0.2) is 56.3 Å². The average Bonchev–Trinajstić information content (AvgIpc) is 3.31. The van der Waals surface area contributed by atoms with Crippen LogP contribution in [0.3, 0.4) is 0 Å². The van der Waals surface area contributed by atoms with E-state index in [2.05, 4.69) is 5.32 Å². The molecule has 7 heteroatoms. The number of hydrogen-bond donors (Lipinski definition) is 1. The van der Waals surface area contributed by atoms with E-state index in [9.17, 15) is 8.42 Å². The predicted molar refractivity (Wildman–Crippen MR) is 86.8 cm³/mol. The lowest BCUT2D eigenvalue weighted by Gasteiger charge is -2.34. The third-order valence-electron chi connectivity index (χ3n) is 4.78. The second kappa shape index (κ2) is 7.13. The van der Waals surface area contributed by atoms with Crippen LogP contribution < -0.4 is 5.32 Å². The van der Waals surface area contributed by atoms with Crippen molar-refractivity contribution in [1.82, 2.24) is 13.9 Å². The quantitative estimate of drug-likeness (QED) is 0.765. The first-order valence-corrected chi connectivity index (χ1v) is 9.40. The molecule has 2 saturated carbocycles. The molecular weight excluding hydrogens is 310 g/mol. The maximum absolute atomic E-state index is 12.5. The minimum absolute atomic E-state index is 0. The van der Waals surface area contributed by atoms with E-state index in [0.29, 0.717) is 31.6 Å². The van der Waals surface area contributed by atoms with Gasteiger partial charge in [0.2, 0.25) is 0 Å². The number of piperidine rings is 1. The van der Waals surface area contributed by atoms with Gasteiger partial charge in [0.1, 0.15) is 0 Å². The second-order valence-corrected chi connectivity index (χ2v) is 8.79. The third kappa shape index (κ3) is 4.79. The smallest absolute Gasteiger partial charge is 0.281 e. The van der Waals surface area contributed by atoms with E-state index in [1.54, 1.807) is 15.7 Å². The Balaban J connectivity index is 0.00000161. The van der Waals surface area contributed by atoms with E-state index in [1.807, 2.05) is 0 Å². The summed E-state index contributed by atoms with van der Waals surface area (Å²) < 4.78 is 28.2. The molecule has 0 radical (unpaired) electrons. The maximum atomic E-state index is 12.5. The zero-order valence-electron chi connectivity index (χ0n) is 12.8. The minimum Gasteiger partial charge on any atom is -0.314 e. The SMILES string of the molecule is CN(CC1CC1)S(=O)(=O)N1CCC(NCC2CC2)CC1.Cl. The summed E-state index contributed by atoms with van der Waals surface area (Å²) in [7, 11) is -1.49. The molecular formula is C14H28ClN3O2S. The van der Waals surface area contributed by atoms with E-state index in [4.69, 9.17) is 0 Å². The molecule has 0 spiro atoms. The van der Waals surface area contributed by atoms with Gasteiger partial charge in [0.25, 0.3) is 10.2 Å². The molecule has 1 heterocycles. The standard InChI is InChI=1S/C14H27N3O2S.ClH/c1-16(11-13-4-5-13)20(18,19)17-8-6-14(7-9-17)15-10-12-2-3-12;/h12-15H,2-11H2,1H3;1H. The first-order chi connectivity index (χ1) is 9.55. The summed E-state index contributed by atoms with van der Waals surface area (Å²) in [5.41, 5.74) is 0. The molecule has 2 aliphatic carbocycles. The van der Waals surface area contributed by atoms with Gasteiger partial charge in [0.05, 0.1) is 0 Å². The average molecular weight is 338 g/mol.